The van der Waals surface area contributed by atoms with Crippen LogP contribution in [0.3, 0.4) is 0 Å². The third kappa shape index (κ3) is 2.65. The van der Waals surface area contributed by atoms with E-state index in [-0.39, 0.29) is 0 Å². The van der Waals surface area contributed by atoms with E-state index in [2.05, 4.69) is 0 Å². The van der Waals surface area contributed by atoms with E-state index in [0.717, 1.165) is 11.3 Å². The molecular weight excluding hydrogens is 257 g/mol. The number of hydrogen-bond acceptors (Lipinski definition) is 1. The smallest absolute Gasteiger partial charge is 0.0911 e. The van der Waals surface area contributed by atoms with Crippen LogP contribution in [-0.2, 0) is 6.54 Å². The first-order valence-corrected chi connectivity index (χ1v) is 6.11. The van der Waals surface area contributed by atoms with Gasteiger partial charge in [0.05, 0.1) is 16.1 Å². The molecule has 0 aliphatic heterocycles. The fraction of sp³-hybridized carbons (Fsp3) is 0.231. The summed E-state index contributed by atoms with van der Waals surface area (Å²) >= 11 is 12.1. The number of aliphatic hydroxyl groups excluding tert-OH is 1. The van der Waals surface area contributed by atoms with Crippen LogP contribution < -0.4 is 0 Å². The summed E-state index contributed by atoms with van der Waals surface area (Å²) < 4.78 is 1.96. The Hall–Kier alpha value is -0.960. The molecule has 1 aromatic carbocycles. The fourth-order valence-electron chi connectivity index (χ4n) is 1.80. The van der Waals surface area contributed by atoms with Crippen LogP contribution >= 0.6 is 23.2 Å². The van der Waals surface area contributed by atoms with Crippen molar-refractivity contribution >= 4 is 23.2 Å². The van der Waals surface area contributed by atoms with Crippen LogP contribution in [0.15, 0.2) is 36.5 Å². The molecule has 0 spiro atoms. The van der Waals surface area contributed by atoms with Crippen LogP contribution in [0, 0.1) is 0 Å². The van der Waals surface area contributed by atoms with Gasteiger partial charge in [-0.3, -0.25) is 0 Å². The van der Waals surface area contributed by atoms with Gasteiger partial charge in [-0.25, -0.2) is 0 Å². The van der Waals surface area contributed by atoms with Gasteiger partial charge in [0.1, 0.15) is 0 Å². The average Bonchev–Trinajstić information content (AvgIpc) is 2.73. The zero-order valence-electron chi connectivity index (χ0n) is 9.40. The standard InChI is InChI=1S/C13H13Cl2NO/c1-9(17)12-6-3-7-16(12)8-10-4-2-5-11(14)13(10)15/h2-7,9,17H,8H2,1H3. The van der Waals surface area contributed by atoms with E-state index < -0.39 is 6.10 Å². The summed E-state index contributed by atoms with van der Waals surface area (Å²) in [7, 11) is 0. The number of hydrogen-bond donors (Lipinski definition) is 1. The van der Waals surface area contributed by atoms with Gasteiger partial charge < -0.3 is 9.67 Å². The van der Waals surface area contributed by atoms with Gasteiger partial charge in [-0.05, 0) is 30.7 Å². The fourth-order valence-corrected chi connectivity index (χ4v) is 2.18. The van der Waals surface area contributed by atoms with Crippen molar-refractivity contribution in [2.45, 2.75) is 19.6 Å². The zero-order chi connectivity index (χ0) is 12.4. The highest BCUT2D eigenvalue weighted by atomic mass is 35.5. The van der Waals surface area contributed by atoms with Crippen molar-refractivity contribution in [1.82, 2.24) is 4.57 Å². The lowest BCUT2D eigenvalue weighted by Crippen LogP contribution is -2.06. The number of aliphatic hydroxyl groups is 1. The molecule has 2 rings (SSSR count). The van der Waals surface area contributed by atoms with Gasteiger partial charge in [0, 0.05) is 18.4 Å². The minimum Gasteiger partial charge on any atom is -0.387 e. The molecule has 90 valence electrons. The molecule has 4 heteroatoms. The highest BCUT2D eigenvalue weighted by molar-refractivity contribution is 6.42. The zero-order valence-corrected chi connectivity index (χ0v) is 10.9. The summed E-state index contributed by atoms with van der Waals surface area (Å²) in [5.41, 5.74) is 1.80. The molecule has 0 bridgehead atoms. The maximum absolute atomic E-state index is 9.62. The quantitative estimate of drug-likeness (QED) is 0.899. The number of nitrogens with zero attached hydrogens (tertiary/aromatic N) is 1. The third-order valence-electron chi connectivity index (χ3n) is 2.66. The van der Waals surface area contributed by atoms with Gasteiger partial charge in [0.15, 0.2) is 0 Å². The highest BCUT2D eigenvalue weighted by Gasteiger charge is 2.09. The van der Waals surface area contributed by atoms with Gasteiger partial charge >= 0.3 is 0 Å². The molecule has 2 aromatic rings. The maximum Gasteiger partial charge on any atom is 0.0911 e. The Bertz CT molecular complexity index is 520. The van der Waals surface area contributed by atoms with Gasteiger partial charge in [-0.1, -0.05) is 35.3 Å². The Labute approximate surface area is 110 Å². The molecular formula is C13H13Cl2NO. The summed E-state index contributed by atoms with van der Waals surface area (Å²) in [6.07, 6.45) is 1.42. The van der Waals surface area contributed by atoms with Gasteiger partial charge in [-0.2, -0.15) is 0 Å². The molecule has 1 aromatic heterocycles. The summed E-state index contributed by atoms with van der Waals surface area (Å²) in [6, 6.07) is 9.36. The SMILES string of the molecule is CC(O)c1cccn1Cc1cccc(Cl)c1Cl. The second-order valence-corrected chi connectivity index (χ2v) is 4.74. The lowest BCUT2D eigenvalue weighted by molar-refractivity contribution is 0.190. The van der Waals surface area contributed by atoms with Gasteiger partial charge in [0.25, 0.3) is 0 Å². The van der Waals surface area contributed by atoms with Gasteiger partial charge in [0.2, 0.25) is 0 Å². The molecule has 0 radical (unpaired) electrons. The second kappa shape index (κ2) is 5.13. The summed E-state index contributed by atoms with van der Waals surface area (Å²) in [5.74, 6) is 0. The van der Waals surface area contributed by atoms with Crippen molar-refractivity contribution in [3.8, 4) is 0 Å². The van der Waals surface area contributed by atoms with Crippen molar-refractivity contribution in [1.29, 1.82) is 0 Å². The lowest BCUT2D eigenvalue weighted by Gasteiger charge is -2.12. The summed E-state index contributed by atoms with van der Waals surface area (Å²) in [4.78, 5) is 0. The van der Waals surface area contributed by atoms with Crippen molar-refractivity contribution in [3.05, 3.63) is 57.8 Å². The first-order valence-electron chi connectivity index (χ1n) is 5.35. The molecule has 0 saturated heterocycles. The van der Waals surface area contributed by atoms with Crippen LogP contribution in [0.2, 0.25) is 10.0 Å². The Morgan fingerprint density at radius 1 is 1.24 bits per heavy atom. The molecule has 1 N–H and O–H groups in total. The molecule has 17 heavy (non-hydrogen) atoms. The van der Waals surface area contributed by atoms with Crippen molar-refractivity contribution in [2.75, 3.05) is 0 Å². The molecule has 1 atom stereocenters. The van der Waals surface area contributed by atoms with Crippen LogP contribution in [0.5, 0.6) is 0 Å². The van der Waals surface area contributed by atoms with E-state index in [9.17, 15) is 5.11 Å². The van der Waals surface area contributed by atoms with E-state index in [1.54, 1.807) is 13.0 Å². The van der Waals surface area contributed by atoms with Gasteiger partial charge in [-0.15, -0.1) is 0 Å². The summed E-state index contributed by atoms with van der Waals surface area (Å²) in [6.45, 7) is 2.35. The van der Waals surface area contributed by atoms with Crippen LogP contribution in [-0.4, -0.2) is 9.67 Å². The third-order valence-corrected chi connectivity index (χ3v) is 3.52. The number of benzene rings is 1. The number of halogens is 2. The molecule has 1 heterocycles. The Morgan fingerprint density at radius 2 is 2.00 bits per heavy atom. The molecule has 0 saturated carbocycles. The Balaban J connectivity index is 2.32. The lowest BCUT2D eigenvalue weighted by atomic mass is 10.2. The van der Waals surface area contributed by atoms with E-state index >= 15 is 0 Å². The second-order valence-electron chi connectivity index (χ2n) is 3.95. The molecule has 1 unspecified atom stereocenters. The van der Waals surface area contributed by atoms with Crippen molar-refractivity contribution < 1.29 is 5.11 Å². The van der Waals surface area contributed by atoms with Crippen molar-refractivity contribution in [3.63, 3.8) is 0 Å². The molecule has 2 nitrogen and oxygen atoms in total. The molecule has 0 amide bonds. The van der Waals surface area contributed by atoms with Crippen LogP contribution in [0.25, 0.3) is 0 Å². The maximum atomic E-state index is 9.62. The van der Waals surface area contributed by atoms with E-state index in [0.29, 0.717) is 16.6 Å². The monoisotopic (exact) mass is 269 g/mol. The Kier molecular flexibility index (Phi) is 3.77. The first-order chi connectivity index (χ1) is 8.09. The van der Waals surface area contributed by atoms with E-state index in [4.69, 9.17) is 23.2 Å². The van der Waals surface area contributed by atoms with Crippen LogP contribution in [0.4, 0.5) is 0 Å². The molecule has 0 aliphatic carbocycles. The van der Waals surface area contributed by atoms with Crippen molar-refractivity contribution in [2.24, 2.45) is 0 Å². The Morgan fingerprint density at radius 3 is 2.71 bits per heavy atom. The average molecular weight is 270 g/mol. The normalized spacial score (nSPS) is 12.7. The minimum atomic E-state index is -0.497. The van der Waals surface area contributed by atoms with E-state index in [1.165, 1.54) is 0 Å². The predicted molar refractivity (Wildman–Crippen MR) is 70.6 cm³/mol. The number of aromatic nitrogens is 1. The topological polar surface area (TPSA) is 25.2 Å². The first kappa shape index (κ1) is 12.5. The minimum absolute atomic E-state index is 0.497. The summed E-state index contributed by atoms with van der Waals surface area (Å²) in [5, 5.41) is 10.7. The highest BCUT2D eigenvalue weighted by Crippen LogP contribution is 2.27. The molecule has 0 aliphatic rings. The number of rotatable bonds is 3. The predicted octanol–water partition coefficient (Wildman–Crippen LogP) is 3.90. The largest absolute Gasteiger partial charge is 0.387 e. The van der Waals surface area contributed by atoms with E-state index in [1.807, 2.05) is 35.0 Å². The van der Waals surface area contributed by atoms with Crippen LogP contribution in [0.1, 0.15) is 24.3 Å². The molecule has 0 fully saturated rings.